The molecule has 6 unspecified atom stereocenters. The number of carbonyl (C=O) groups excluding carboxylic acids is 5. The molecule has 0 radical (unpaired) electrons. The van der Waals surface area contributed by atoms with E-state index in [1.54, 1.807) is 0 Å². The van der Waals surface area contributed by atoms with Crippen LogP contribution in [0, 0.1) is 0 Å². The molecule has 0 aliphatic carbocycles. The first-order valence-electron chi connectivity index (χ1n) is 12.7. The Hall–Kier alpha value is -2.69. The Labute approximate surface area is 194 Å². The summed E-state index contributed by atoms with van der Waals surface area (Å²) >= 11 is 0. The molecular formula is C21H32O11. The van der Waals surface area contributed by atoms with Gasteiger partial charge in [0.05, 0.1) is 0 Å². The zero-order valence-corrected chi connectivity index (χ0v) is 18.5. The Bertz CT molecular complexity index is 834. The van der Waals surface area contributed by atoms with Crippen LogP contribution in [0.3, 0.4) is 0 Å². The Kier molecular flexibility index (Phi) is 8.52. The van der Waals surface area contributed by atoms with Crippen LogP contribution in [0.15, 0.2) is 0 Å². The third kappa shape index (κ3) is 8.10. The van der Waals surface area contributed by atoms with Gasteiger partial charge < -0.3 is 28.4 Å². The molecular weight excluding hydrogens is 428 g/mol. The summed E-state index contributed by atoms with van der Waals surface area (Å²) in [5.74, 6) is -5.49. The Balaban J connectivity index is 3.50. The Morgan fingerprint density at radius 3 is 1.69 bits per heavy atom. The summed E-state index contributed by atoms with van der Waals surface area (Å²) in [5.41, 5.74) is 0. The molecule has 0 aromatic heterocycles. The minimum absolute atomic E-state index is 0.749. The van der Waals surface area contributed by atoms with Gasteiger partial charge in [-0.1, -0.05) is 34.6 Å². The van der Waals surface area contributed by atoms with Crippen molar-refractivity contribution in [3.05, 3.63) is 0 Å². The lowest BCUT2D eigenvalue weighted by Gasteiger charge is -2.28. The van der Waals surface area contributed by atoms with Crippen LogP contribution in [0.4, 0.5) is 0 Å². The molecule has 1 fully saturated rings. The van der Waals surface area contributed by atoms with Gasteiger partial charge in [-0.2, -0.15) is 0 Å². The number of hydrogen-bond acceptors (Lipinski definition) is 11. The molecule has 1 aliphatic heterocycles. The fraction of sp³-hybridized carbons (Fsp3) is 0.762. The molecule has 0 bridgehead atoms. The summed E-state index contributed by atoms with van der Waals surface area (Å²) < 4.78 is 69.1. The zero-order valence-electron chi connectivity index (χ0n) is 23.5. The number of rotatable bonds is 12. The van der Waals surface area contributed by atoms with Gasteiger partial charge in [-0.3, -0.25) is 24.0 Å². The normalized spacial score (nSPS) is 30.2. The van der Waals surface area contributed by atoms with Crippen molar-refractivity contribution in [2.24, 2.45) is 0 Å². The van der Waals surface area contributed by atoms with Crippen molar-refractivity contribution in [3.63, 3.8) is 0 Å². The van der Waals surface area contributed by atoms with Crippen molar-refractivity contribution < 1.29 is 59.2 Å². The molecule has 11 heteroatoms. The van der Waals surface area contributed by atoms with E-state index < -0.39 is 99.1 Å². The van der Waals surface area contributed by atoms with Crippen LogP contribution in [0.2, 0.25) is 0 Å². The summed E-state index contributed by atoms with van der Waals surface area (Å²) in [4.78, 5) is 60.8. The van der Waals surface area contributed by atoms with Gasteiger partial charge in [0.15, 0.2) is 12.2 Å². The minimum Gasteiger partial charge on any atom is -0.462 e. The summed E-state index contributed by atoms with van der Waals surface area (Å²) in [5, 5.41) is 0. The van der Waals surface area contributed by atoms with Gasteiger partial charge in [0.2, 0.25) is 12.4 Å². The smallest absolute Gasteiger partial charge is 0.307 e. The lowest BCUT2D eigenvalue weighted by Crippen LogP contribution is -2.47. The van der Waals surface area contributed by atoms with Gasteiger partial charge in [-0.15, -0.1) is 0 Å². The fourth-order valence-electron chi connectivity index (χ4n) is 2.55. The summed E-state index contributed by atoms with van der Waals surface area (Å²) in [6.07, 6.45) is -15.5. The van der Waals surface area contributed by atoms with E-state index in [9.17, 15) is 24.0 Å². The van der Waals surface area contributed by atoms with Crippen LogP contribution < -0.4 is 0 Å². The van der Waals surface area contributed by atoms with Gasteiger partial charge in [0.1, 0.15) is 12.7 Å². The maximum atomic E-state index is 12.3. The van der Waals surface area contributed by atoms with Crippen molar-refractivity contribution in [3.8, 4) is 0 Å². The minimum atomic E-state index is -1.81. The molecule has 11 nitrogen and oxygen atoms in total. The highest BCUT2D eigenvalue weighted by atomic mass is 16.8. The predicted molar refractivity (Wildman–Crippen MR) is 107 cm³/mol. The van der Waals surface area contributed by atoms with E-state index >= 15 is 0 Å². The second-order valence-electron chi connectivity index (χ2n) is 6.26. The van der Waals surface area contributed by atoms with Crippen LogP contribution in [0.25, 0.3) is 0 Å². The maximum Gasteiger partial charge on any atom is 0.307 e. The van der Waals surface area contributed by atoms with Crippen LogP contribution in [0.5, 0.6) is 0 Å². The van der Waals surface area contributed by atoms with E-state index in [1.165, 1.54) is 34.6 Å². The van der Waals surface area contributed by atoms with Crippen molar-refractivity contribution in [1.82, 2.24) is 0 Å². The molecule has 0 aromatic rings. The van der Waals surface area contributed by atoms with Crippen molar-refractivity contribution >= 4 is 29.8 Å². The number of carbonyl (C=O) groups is 5. The summed E-state index contributed by atoms with van der Waals surface area (Å²) in [7, 11) is 0. The standard InChI is InChI=1S/C21H32O11/c1-6-13(22)27-11-12(28-14(23)7-2)18-19(29-15(24)8-3)20(30-16(25)9-4)21(32-18)31-17(26)10-5/h12,18-21H,6-11H2,1-5H3/t12-,18-,19+,20-,21?/m1/s1/i6D,7D,8D,9D,10D/t6?,7?,8?,9?,10?,12-,18-,19+,20-,21?. The number of hydrogen-bond donors (Lipinski definition) is 0. The van der Waals surface area contributed by atoms with Gasteiger partial charge in [-0.25, -0.2) is 0 Å². The molecule has 1 rings (SSSR count). The van der Waals surface area contributed by atoms with Crippen LogP contribution in [-0.4, -0.2) is 67.2 Å². The van der Waals surface area contributed by atoms with Gasteiger partial charge in [0.25, 0.3) is 0 Å². The number of esters is 5. The topological polar surface area (TPSA) is 141 Å². The van der Waals surface area contributed by atoms with E-state index in [0.717, 1.165) is 0 Å². The molecule has 10 atom stereocenters. The van der Waals surface area contributed by atoms with Gasteiger partial charge in [-0.05, 0) is 0 Å². The van der Waals surface area contributed by atoms with Crippen molar-refractivity contribution in [1.29, 1.82) is 0 Å². The van der Waals surface area contributed by atoms with E-state index in [-0.39, 0.29) is 0 Å². The highest BCUT2D eigenvalue weighted by Gasteiger charge is 2.55. The first-order chi connectivity index (χ1) is 17.1. The maximum absolute atomic E-state index is 12.3. The molecule has 0 spiro atoms. The first kappa shape index (κ1) is 20.0. The molecule has 182 valence electrons. The molecule has 0 aromatic carbocycles. The zero-order chi connectivity index (χ0) is 28.6. The second-order valence-corrected chi connectivity index (χ2v) is 6.26. The predicted octanol–water partition coefficient (Wildman–Crippen LogP) is 1.58. The quantitative estimate of drug-likeness (QED) is 0.306. The summed E-state index contributed by atoms with van der Waals surface area (Å²) in [6, 6.07) is 0. The molecule has 1 heterocycles. The highest BCUT2D eigenvalue weighted by molar-refractivity contribution is 5.72. The van der Waals surface area contributed by atoms with E-state index in [2.05, 4.69) is 0 Å². The third-order valence-corrected chi connectivity index (χ3v) is 4.15. The lowest BCUT2D eigenvalue weighted by molar-refractivity contribution is -0.205. The van der Waals surface area contributed by atoms with Crippen molar-refractivity contribution in [2.75, 3.05) is 6.61 Å². The largest absolute Gasteiger partial charge is 0.462 e. The van der Waals surface area contributed by atoms with Crippen LogP contribution >= 0.6 is 0 Å². The average molecular weight is 466 g/mol. The fourth-order valence-corrected chi connectivity index (χ4v) is 2.55. The molecule has 1 saturated heterocycles. The Morgan fingerprint density at radius 2 is 1.19 bits per heavy atom. The van der Waals surface area contributed by atoms with Crippen LogP contribution in [0.1, 0.15) is 73.5 Å². The molecule has 32 heavy (non-hydrogen) atoms. The van der Waals surface area contributed by atoms with Gasteiger partial charge >= 0.3 is 29.8 Å². The average Bonchev–Trinajstić information content (AvgIpc) is 3.11. The molecule has 0 N–H and O–H groups in total. The van der Waals surface area contributed by atoms with E-state index in [1.807, 2.05) is 0 Å². The van der Waals surface area contributed by atoms with Gasteiger partial charge in [0, 0.05) is 38.8 Å². The van der Waals surface area contributed by atoms with Crippen molar-refractivity contribution in [2.45, 2.75) is 97.3 Å². The van der Waals surface area contributed by atoms with E-state index in [0.29, 0.717) is 0 Å². The Morgan fingerprint density at radius 1 is 0.719 bits per heavy atom. The second kappa shape index (κ2) is 13.7. The summed E-state index contributed by atoms with van der Waals surface area (Å²) in [6.45, 7) is 5.19. The molecule has 0 saturated carbocycles. The first-order valence-corrected chi connectivity index (χ1v) is 9.82. The third-order valence-electron chi connectivity index (χ3n) is 4.15. The molecule has 1 aliphatic rings. The van der Waals surface area contributed by atoms with E-state index in [4.69, 9.17) is 35.3 Å². The monoisotopic (exact) mass is 465 g/mol. The molecule has 0 amide bonds. The SMILES string of the molecule is [2H]C(C)C(=O)OC[C@@H](OC(=O)C([2H])C)[C@H]1OC(OC(=O)C([2H])C)[C@H](OC(=O)C([2H])C)[C@H]1OC(=O)C([2H])C. The highest BCUT2D eigenvalue weighted by Crippen LogP contribution is 2.32. The number of ether oxygens (including phenoxy) is 6. The lowest BCUT2D eigenvalue weighted by atomic mass is 10.1. The van der Waals surface area contributed by atoms with Crippen LogP contribution in [-0.2, 0) is 52.4 Å².